The second kappa shape index (κ2) is 36.1. The molecule has 0 aliphatic rings. The second-order valence-corrected chi connectivity index (χ2v) is 2.08. The van der Waals surface area contributed by atoms with Crippen molar-refractivity contribution in [1.82, 2.24) is 6.15 Å². The first kappa shape index (κ1) is 36.0. The molecule has 9 nitrogen and oxygen atoms in total. The van der Waals surface area contributed by atoms with Crippen LogP contribution in [-0.4, -0.2) is 44.3 Å². The molecule has 7 N–H and O–H groups in total. The highest BCUT2D eigenvalue weighted by molar-refractivity contribution is 5.63. The normalized spacial score (nSPS) is 5.47. The van der Waals surface area contributed by atoms with Crippen molar-refractivity contribution in [3.8, 4) is 0 Å². The van der Waals surface area contributed by atoms with Gasteiger partial charge in [-0.05, 0) is 0 Å². The van der Waals surface area contributed by atoms with Crippen LogP contribution in [0.2, 0.25) is 0 Å². The number of carboxylic acids is 4. The Bertz CT molecular complexity index is 176. The molecule has 0 bridgehead atoms. The van der Waals surface area contributed by atoms with Gasteiger partial charge in [0.15, 0.2) is 0 Å². The highest BCUT2D eigenvalue weighted by Gasteiger charge is 1.66. The Hall–Kier alpha value is -2.42. The molecule has 0 atom stereocenters. The molecule has 116 valence electrons. The van der Waals surface area contributed by atoms with Gasteiger partial charge in [-0.2, -0.15) is 0 Å². The lowest BCUT2D eigenvalue weighted by Gasteiger charge is -1.59. The van der Waals surface area contributed by atoms with Crippen molar-refractivity contribution >= 4 is 23.9 Å². The Kier molecular flexibility index (Phi) is 68.3. The quantitative estimate of drug-likeness (QED) is 0.409. The van der Waals surface area contributed by atoms with Crippen molar-refractivity contribution in [2.45, 2.75) is 27.7 Å². The molecular formula is C10H23NO8. The van der Waals surface area contributed by atoms with Crippen LogP contribution >= 0.6 is 0 Å². The van der Waals surface area contributed by atoms with Gasteiger partial charge in [0.2, 0.25) is 0 Å². The Labute approximate surface area is 111 Å². The first-order chi connectivity index (χ1) is 7.93. The highest BCUT2D eigenvalue weighted by Crippen LogP contribution is 1.43. The van der Waals surface area contributed by atoms with Gasteiger partial charge in [-0.15, -0.1) is 13.2 Å². The lowest BCUT2D eigenvalue weighted by atomic mass is 10.9. The third-order valence-electron chi connectivity index (χ3n) is 0. The summed E-state index contributed by atoms with van der Waals surface area (Å²) in [6.07, 6.45) is 0. The van der Waals surface area contributed by atoms with Crippen molar-refractivity contribution in [2.24, 2.45) is 0 Å². The molecule has 0 saturated carbocycles. The predicted molar refractivity (Wildman–Crippen MR) is 69.5 cm³/mol. The van der Waals surface area contributed by atoms with Crippen molar-refractivity contribution in [3.05, 3.63) is 13.2 Å². The Morgan fingerprint density at radius 2 is 0.579 bits per heavy atom. The summed E-state index contributed by atoms with van der Waals surface area (Å²) in [5, 5.41) is 29.7. The van der Waals surface area contributed by atoms with Gasteiger partial charge in [0, 0.05) is 27.7 Å². The van der Waals surface area contributed by atoms with E-state index in [1.807, 2.05) is 0 Å². The van der Waals surface area contributed by atoms with E-state index in [0.29, 0.717) is 0 Å². The van der Waals surface area contributed by atoms with E-state index in [1.54, 1.807) is 0 Å². The average Bonchev–Trinajstić information content (AvgIpc) is 2.01. The molecule has 0 aromatic carbocycles. The van der Waals surface area contributed by atoms with E-state index in [4.69, 9.17) is 39.6 Å². The van der Waals surface area contributed by atoms with Gasteiger partial charge in [0.05, 0.1) is 0 Å². The minimum absolute atomic E-state index is 0. The van der Waals surface area contributed by atoms with Gasteiger partial charge >= 0.3 is 0 Å². The van der Waals surface area contributed by atoms with E-state index in [1.165, 1.54) is 0 Å². The summed E-state index contributed by atoms with van der Waals surface area (Å²) in [6.45, 7) is 10.3. The smallest absolute Gasteiger partial charge is 0.300 e. The van der Waals surface area contributed by atoms with Crippen LogP contribution in [0.4, 0.5) is 0 Å². The lowest BCUT2D eigenvalue weighted by Crippen LogP contribution is -1.78. The molecule has 0 fully saturated rings. The lowest BCUT2D eigenvalue weighted by molar-refractivity contribution is -0.135. The molecule has 9 heteroatoms. The maximum Gasteiger partial charge on any atom is 0.300 e. The van der Waals surface area contributed by atoms with E-state index in [0.717, 1.165) is 27.7 Å². The van der Waals surface area contributed by atoms with Crippen molar-refractivity contribution < 1.29 is 39.6 Å². The van der Waals surface area contributed by atoms with Crippen molar-refractivity contribution in [2.75, 3.05) is 0 Å². The van der Waals surface area contributed by atoms with Crippen LogP contribution in [0.15, 0.2) is 13.2 Å². The van der Waals surface area contributed by atoms with Crippen molar-refractivity contribution in [3.63, 3.8) is 0 Å². The van der Waals surface area contributed by atoms with Crippen LogP contribution in [0.1, 0.15) is 27.7 Å². The van der Waals surface area contributed by atoms with Gasteiger partial charge in [-0.3, -0.25) is 19.2 Å². The van der Waals surface area contributed by atoms with Crippen LogP contribution in [0.25, 0.3) is 0 Å². The molecule has 0 radical (unpaired) electrons. The monoisotopic (exact) mass is 285 g/mol. The van der Waals surface area contributed by atoms with Crippen molar-refractivity contribution in [1.29, 1.82) is 0 Å². The fourth-order valence-electron chi connectivity index (χ4n) is 0. The molecule has 0 unspecified atom stereocenters. The number of hydrogen-bond donors (Lipinski definition) is 5. The van der Waals surface area contributed by atoms with Crippen LogP contribution in [0, 0.1) is 0 Å². The summed E-state index contributed by atoms with van der Waals surface area (Å²) in [4.78, 5) is 36.0. The maximum absolute atomic E-state index is 9.00. The van der Waals surface area contributed by atoms with Gasteiger partial charge in [0.25, 0.3) is 23.9 Å². The van der Waals surface area contributed by atoms with E-state index in [2.05, 4.69) is 13.2 Å². The number of carboxylic acid groups (broad SMARTS) is 4. The summed E-state index contributed by atoms with van der Waals surface area (Å²) in [7, 11) is 0. The summed E-state index contributed by atoms with van der Waals surface area (Å²) >= 11 is 0. The van der Waals surface area contributed by atoms with Crippen LogP contribution < -0.4 is 6.15 Å². The van der Waals surface area contributed by atoms with Crippen LogP contribution in [0.5, 0.6) is 0 Å². The highest BCUT2D eigenvalue weighted by atomic mass is 16.4. The zero-order chi connectivity index (χ0) is 16.3. The topological polar surface area (TPSA) is 184 Å². The molecule has 0 rings (SSSR count). The number of aliphatic carboxylic acids is 4. The second-order valence-electron chi connectivity index (χ2n) is 2.08. The summed E-state index contributed by atoms with van der Waals surface area (Å²) in [6, 6.07) is 0. The van der Waals surface area contributed by atoms with E-state index in [9.17, 15) is 0 Å². The first-order valence-corrected chi connectivity index (χ1v) is 4.21. The zero-order valence-electron chi connectivity index (χ0n) is 11.5. The minimum atomic E-state index is -0.833. The van der Waals surface area contributed by atoms with Gasteiger partial charge in [-0.1, -0.05) is 0 Å². The summed E-state index contributed by atoms with van der Waals surface area (Å²) in [5.74, 6) is -3.33. The number of hydrogen-bond acceptors (Lipinski definition) is 5. The molecule has 0 aromatic rings. The fourth-order valence-corrected chi connectivity index (χ4v) is 0. The van der Waals surface area contributed by atoms with Crippen LogP contribution in [-0.2, 0) is 19.2 Å². The molecule has 0 heterocycles. The standard InChI is InChI=1S/4C2H4O2.C2H4.H3N/c4*1-2(3)4;1-2;/h4*1H3,(H,3,4);1-2H2;1H3. The number of rotatable bonds is 0. The number of carbonyl (C=O) groups is 4. The summed E-state index contributed by atoms with van der Waals surface area (Å²) < 4.78 is 0. The first-order valence-electron chi connectivity index (χ1n) is 4.21. The third-order valence-corrected chi connectivity index (χ3v) is 0. The summed E-state index contributed by atoms with van der Waals surface area (Å²) in [5.41, 5.74) is 0. The Balaban J connectivity index is -0.0000000279. The predicted octanol–water partition coefficient (Wildman–Crippen LogP) is 1.33. The fraction of sp³-hybridized carbons (Fsp3) is 0.400. The Morgan fingerprint density at radius 3 is 0.579 bits per heavy atom. The molecule has 19 heavy (non-hydrogen) atoms. The van der Waals surface area contributed by atoms with E-state index in [-0.39, 0.29) is 6.15 Å². The zero-order valence-corrected chi connectivity index (χ0v) is 11.5. The largest absolute Gasteiger partial charge is 0.481 e. The SMILES string of the molecule is C=C.CC(=O)O.CC(=O)O.CC(=O)O.CC(=O)O.N. The van der Waals surface area contributed by atoms with Crippen LogP contribution in [0.3, 0.4) is 0 Å². The minimum Gasteiger partial charge on any atom is -0.481 e. The van der Waals surface area contributed by atoms with Gasteiger partial charge in [-0.25, -0.2) is 0 Å². The van der Waals surface area contributed by atoms with E-state index >= 15 is 0 Å². The molecule has 0 aliphatic heterocycles. The molecule has 0 spiro atoms. The van der Waals surface area contributed by atoms with E-state index < -0.39 is 23.9 Å². The van der Waals surface area contributed by atoms with Gasteiger partial charge in [0.1, 0.15) is 0 Å². The molecule has 0 amide bonds. The molecule has 0 saturated heterocycles. The Morgan fingerprint density at radius 1 is 0.579 bits per heavy atom. The molecule has 0 aliphatic carbocycles. The molecular weight excluding hydrogens is 262 g/mol. The third kappa shape index (κ3) is 491. The molecule has 0 aromatic heterocycles. The van der Waals surface area contributed by atoms with Gasteiger partial charge < -0.3 is 26.6 Å². The average molecular weight is 285 g/mol. The maximum atomic E-state index is 9.00.